The standard InChI is InChI=1S/C15H15F2NO5S2/c16-15(17)4-3-11-12(13(11)15)14(19)18-25(22,23)10-2-1-8-6-24(20,21)7-9(8)5-10/h1-2,5,11-13H,3-4,6-7H2,(H,18,19)/t11-,12+,13-/m1/s1. The number of nitrogens with one attached hydrogen (secondary N) is 1. The largest absolute Gasteiger partial charge is 0.274 e. The van der Waals surface area contributed by atoms with Crippen molar-refractivity contribution in [2.24, 2.45) is 17.8 Å². The molecule has 0 saturated heterocycles. The summed E-state index contributed by atoms with van der Waals surface area (Å²) in [6.45, 7) is 0. The van der Waals surface area contributed by atoms with Gasteiger partial charge in [0.05, 0.1) is 22.3 Å². The number of carbonyl (C=O) groups is 1. The molecule has 1 aliphatic heterocycles. The van der Waals surface area contributed by atoms with Crippen LogP contribution in [0.3, 0.4) is 0 Å². The summed E-state index contributed by atoms with van der Waals surface area (Å²) in [5.41, 5.74) is 0.909. The fraction of sp³-hybridized carbons (Fsp3) is 0.533. The van der Waals surface area contributed by atoms with Crippen LogP contribution in [0.25, 0.3) is 0 Å². The van der Waals surface area contributed by atoms with E-state index < -0.39 is 49.4 Å². The first-order valence-electron chi connectivity index (χ1n) is 7.77. The summed E-state index contributed by atoms with van der Waals surface area (Å²) in [5.74, 6) is -6.74. The molecular formula is C15H15F2NO5S2. The molecule has 1 heterocycles. The summed E-state index contributed by atoms with van der Waals surface area (Å²) in [6.07, 6.45) is -0.0509. The number of hydrogen-bond donors (Lipinski definition) is 1. The van der Waals surface area contributed by atoms with Crippen LogP contribution in [-0.4, -0.2) is 28.7 Å². The van der Waals surface area contributed by atoms with Crippen molar-refractivity contribution in [3.05, 3.63) is 29.3 Å². The molecule has 2 fully saturated rings. The normalized spacial score (nSPS) is 31.2. The second-order valence-corrected chi connectivity index (χ2v) is 10.7. The Kier molecular flexibility index (Phi) is 3.38. The first kappa shape index (κ1) is 16.9. The summed E-state index contributed by atoms with van der Waals surface area (Å²) in [5, 5.41) is 0. The van der Waals surface area contributed by atoms with Gasteiger partial charge in [-0.3, -0.25) is 4.79 Å². The Labute approximate surface area is 143 Å². The minimum absolute atomic E-state index is 0.143. The van der Waals surface area contributed by atoms with Crippen LogP contribution in [-0.2, 0) is 36.2 Å². The average molecular weight is 391 g/mol. The van der Waals surface area contributed by atoms with E-state index in [1.54, 1.807) is 0 Å². The molecule has 1 N–H and O–H groups in total. The molecule has 136 valence electrons. The highest BCUT2D eigenvalue weighted by molar-refractivity contribution is 7.90. The Hall–Kier alpha value is -1.55. The molecule has 4 rings (SSSR count). The smallest absolute Gasteiger partial charge is 0.264 e. The highest BCUT2D eigenvalue weighted by Crippen LogP contribution is 2.64. The van der Waals surface area contributed by atoms with Crippen LogP contribution < -0.4 is 4.72 Å². The van der Waals surface area contributed by atoms with Crippen molar-refractivity contribution in [1.82, 2.24) is 4.72 Å². The van der Waals surface area contributed by atoms with E-state index in [1.807, 2.05) is 4.72 Å². The number of amides is 1. The summed E-state index contributed by atoms with van der Waals surface area (Å²) >= 11 is 0. The molecule has 3 atom stereocenters. The number of hydrogen-bond acceptors (Lipinski definition) is 5. The maximum atomic E-state index is 13.6. The van der Waals surface area contributed by atoms with Crippen molar-refractivity contribution in [1.29, 1.82) is 0 Å². The lowest BCUT2D eigenvalue weighted by Crippen LogP contribution is -2.34. The molecule has 1 amide bonds. The van der Waals surface area contributed by atoms with E-state index in [2.05, 4.69) is 0 Å². The van der Waals surface area contributed by atoms with E-state index in [4.69, 9.17) is 0 Å². The maximum absolute atomic E-state index is 13.6. The Morgan fingerprint density at radius 2 is 1.88 bits per heavy atom. The Morgan fingerprint density at radius 3 is 2.52 bits per heavy atom. The molecule has 6 nitrogen and oxygen atoms in total. The van der Waals surface area contributed by atoms with Crippen LogP contribution >= 0.6 is 0 Å². The Bertz CT molecular complexity index is 987. The first-order valence-corrected chi connectivity index (χ1v) is 11.1. The molecule has 2 aliphatic carbocycles. The van der Waals surface area contributed by atoms with Gasteiger partial charge in [0, 0.05) is 12.3 Å². The molecule has 25 heavy (non-hydrogen) atoms. The van der Waals surface area contributed by atoms with Gasteiger partial charge >= 0.3 is 0 Å². The molecule has 1 aromatic rings. The van der Waals surface area contributed by atoms with Gasteiger partial charge in [0.15, 0.2) is 9.84 Å². The van der Waals surface area contributed by atoms with E-state index in [1.165, 1.54) is 18.2 Å². The zero-order valence-electron chi connectivity index (χ0n) is 12.9. The second-order valence-electron chi connectivity index (χ2n) is 6.95. The van der Waals surface area contributed by atoms with Gasteiger partial charge in [0.1, 0.15) is 0 Å². The molecular weight excluding hydrogens is 376 g/mol. The van der Waals surface area contributed by atoms with Crippen LogP contribution in [0.4, 0.5) is 8.78 Å². The van der Waals surface area contributed by atoms with Crippen LogP contribution in [0.5, 0.6) is 0 Å². The van der Waals surface area contributed by atoms with E-state index in [0.717, 1.165) is 0 Å². The number of rotatable bonds is 3. The third kappa shape index (κ3) is 2.75. The lowest BCUT2D eigenvalue weighted by atomic mass is 10.1. The molecule has 0 radical (unpaired) electrons. The number of carbonyl (C=O) groups excluding carboxylic acids is 1. The maximum Gasteiger partial charge on any atom is 0.264 e. The molecule has 0 spiro atoms. The SMILES string of the molecule is O=C(NS(=O)(=O)c1ccc2c(c1)CS(=O)(=O)C2)[C@H]1[C@H]2CCC(F)(F)[C@H]21. The van der Waals surface area contributed by atoms with Crippen molar-refractivity contribution >= 4 is 25.8 Å². The minimum Gasteiger partial charge on any atom is -0.274 e. The summed E-state index contributed by atoms with van der Waals surface area (Å²) < 4.78 is 76.9. The fourth-order valence-corrected chi connectivity index (χ4v) is 6.68. The summed E-state index contributed by atoms with van der Waals surface area (Å²) in [7, 11) is -7.51. The van der Waals surface area contributed by atoms with Crippen molar-refractivity contribution in [2.45, 2.75) is 35.2 Å². The van der Waals surface area contributed by atoms with Gasteiger partial charge < -0.3 is 0 Å². The molecule has 1 aromatic carbocycles. The van der Waals surface area contributed by atoms with Gasteiger partial charge in [-0.2, -0.15) is 0 Å². The molecule has 10 heteroatoms. The highest BCUT2D eigenvalue weighted by Gasteiger charge is 2.70. The van der Waals surface area contributed by atoms with Crippen LogP contribution in [0.1, 0.15) is 24.0 Å². The predicted molar refractivity (Wildman–Crippen MR) is 82.7 cm³/mol. The van der Waals surface area contributed by atoms with E-state index in [0.29, 0.717) is 11.1 Å². The van der Waals surface area contributed by atoms with E-state index in [-0.39, 0.29) is 29.2 Å². The number of alkyl halides is 2. The van der Waals surface area contributed by atoms with Gasteiger partial charge in [0.25, 0.3) is 15.9 Å². The van der Waals surface area contributed by atoms with Crippen molar-refractivity contribution in [2.75, 3.05) is 0 Å². The molecule has 2 saturated carbocycles. The number of sulfonamides is 1. The van der Waals surface area contributed by atoms with E-state index in [9.17, 15) is 30.4 Å². The summed E-state index contributed by atoms with van der Waals surface area (Å²) in [4.78, 5) is 11.9. The molecule has 0 unspecified atom stereocenters. The van der Waals surface area contributed by atoms with Crippen molar-refractivity contribution in [3.63, 3.8) is 0 Å². The van der Waals surface area contributed by atoms with Gasteiger partial charge in [-0.1, -0.05) is 6.07 Å². The second kappa shape index (κ2) is 5.00. The quantitative estimate of drug-likeness (QED) is 0.835. The first-order chi connectivity index (χ1) is 11.5. The highest BCUT2D eigenvalue weighted by atomic mass is 32.2. The lowest BCUT2D eigenvalue weighted by molar-refractivity contribution is -0.123. The lowest BCUT2D eigenvalue weighted by Gasteiger charge is -2.13. The number of fused-ring (bicyclic) bond motifs is 2. The van der Waals surface area contributed by atoms with Crippen LogP contribution in [0.15, 0.2) is 23.1 Å². The Balaban J connectivity index is 1.53. The zero-order valence-corrected chi connectivity index (χ0v) is 14.5. The van der Waals surface area contributed by atoms with Gasteiger partial charge in [0.2, 0.25) is 5.91 Å². The minimum atomic E-state index is -4.23. The van der Waals surface area contributed by atoms with Crippen molar-refractivity contribution < 1.29 is 30.4 Å². The van der Waals surface area contributed by atoms with Gasteiger partial charge in [-0.25, -0.2) is 30.3 Å². The monoisotopic (exact) mass is 391 g/mol. The average Bonchev–Trinajstić information content (AvgIpc) is 3.03. The number of benzene rings is 1. The van der Waals surface area contributed by atoms with Crippen LogP contribution in [0.2, 0.25) is 0 Å². The third-order valence-electron chi connectivity index (χ3n) is 5.24. The Morgan fingerprint density at radius 1 is 1.20 bits per heavy atom. The molecule has 3 aliphatic rings. The molecule has 0 aromatic heterocycles. The summed E-state index contributed by atoms with van der Waals surface area (Å²) in [6, 6.07) is 3.84. The molecule has 0 bridgehead atoms. The fourth-order valence-electron chi connectivity index (χ4n) is 4.02. The van der Waals surface area contributed by atoms with Crippen LogP contribution in [0, 0.1) is 17.8 Å². The number of sulfone groups is 1. The van der Waals surface area contributed by atoms with Crippen molar-refractivity contribution in [3.8, 4) is 0 Å². The van der Waals surface area contributed by atoms with Gasteiger partial charge in [-0.15, -0.1) is 0 Å². The van der Waals surface area contributed by atoms with Gasteiger partial charge in [-0.05, 0) is 35.6 Å². The predicted octanol–water partition coefficient (Wildman–Crippen LogP) is 1.21. The topological polar surface area (TPSA) is 97.4 Å². The zero-order chi connectivity index (χ0) is 18.2. The van der Waals surface area contributed by atoms with E-state index >= 15 is 0 Å². The number of halogens is 2. The third-order valence-corrected chi connectivity index (χ3v) is 8.09.